The normalized spacial score (nSPS) is 22.3. The first-order chi connectivity index (χ1) is 16.1. The van der Waals surface area contributed by atoms with Crippen LogP contribution in [0.3, 0.4) is 0 Å². The second-order valence-corrected chi connectivity index (χ2v) is 9.71. The number of hydrogen-bond acceptors (Lipinski definition) is 5. The third kappa shape index (κ3) is 3.90. The second-order valence-electron chi connectivity index (χ2n) is 8.83. The monoisotopic (exact) mass is 499 g/mol. The molecule has 2 aliphatic heterocycles. The van der Waals surface area contributed by atoms with Gasteiger partial charge in [0.2, 0.25) is 5.91 Å². The van der Waals surface area contributed by atoms with Crippen LogP contribution in [0.15, 0.2) is 42.5 Å². The molecule has 2 aromatic carbocycles. The highest BCUT2D eigenvalue weighted by atomic mass is 35.5. The van der Waals surface area contributed by atoms with Gasteiger partial charge in [0.25, 0.3) is 5.91 Å². The molecule has 0 radical (unpaired) electrons. The maximum Gasteiger partial charge on any atom is 0.332 e. The number of carbonyl (C=O) groups is 3. The number of rotatable bonds is 4. The molecule has 4 amide bonds. The SMILES string of the molecule is CN(C)CC(=O)N1C[C@@H](c2ccc(C#N)cc2)[C@]2(C1)C(=O)N(c1cc(Cl)cc(Cl)c1)C(=O)N2C. The molecule has 0 saturated carbocycles. The predicted octanol–water partition coefficient (Wildman–Crippen LogP) is 3.19. The van der Waals surface area contributed by atoms with Crippen LogP contribution in [0.1, 0.15) is 17.0 Å². The minimum atomic E-state index is -1.32. The summed E-state index contributed by atoms with van der Waals surface area (Å²) >= 11 is 12.3. The van der Waals surface area contributed by atoms with Gasteiger partial charge in [-0.15, -0.1) is 0 Å². The minimum absolute atomic E-state index is 0.0518. The van der Waals surface area contributed by atoms with Crippen LogP contribution in [-0.4, -0.2) is 78.9 Å². The molecule has 0 unspecified atom stereocenters. The van der Waals surface area contributed by atoms with Gasteiger partial charge < -0.3 is 14.7 Å². The van der Waals surface area contributed by atoms with Crippen LogP contribution in [0.25, 0.3) is 0 Å². The molecule has 8 nitrogen and oxygen atoms in total. The van der Waals surface area contributed by atoms with Crippen LogP contribution in [0.4, 0.5) is 10.5 Å². The van der Waals surface area contributed by atoms with Gasteiger partial charge in [-0.1, -0.05) is 35.3 Å². The van der Waals surface area contributed by atoms with Crippen molar-refractivity contribution in [2.75, 3.05) is 45.7 Å². The smallest absolute Gasteiger partial charge is 0.332 e. The first-order valence-electron chi connectivity index (χ1n) is 10.6. The second kappa shape index (κ2) is 8.91. The lowest BCUT2D eigenvalue weighted by atomic mass is 9.80. The summed E-state index contributed by atoms with van der Waals surface area (Å²) in [6, 6.07) is 13.0. The van der Waals surface area contributed by atoms with Gasteiger partial charge in [0.1, 0.15) is 5.54 Å². The molecule has 1 spiro atoms. The van der Waals surface area contributed by atoms with Crippen molar-refractivity contribution in [1.82, 2.24) is 14.7 Å². The first kappa shape index (κ1) is 24.0. The molecule has 0 bridgehead atoms. The number of likely N-dealkylation sites (tertiary alicyclic amines) is 1. The number of nitrogens with zero attached hydrogens (tertiary/aromatic N) is 5. The van der Waals surface area contributed by atoms with Crippen molar-refractivity contribution >= 4 is 46.7 Å². The minimum Gasteiger partial charge on any atom is -0.338 e. The first-order valence-corrected chi connectivity index (χ1v) is 11.3. The Balaban J connectivity index is 1.82. The molecule has 2 fully saturated rings. The molecular formula is C24H23Cl2N5O3. The van der Waals surface area contributed by atoms with Crippen LogP contribution in [0.5, 0.6) is 0 Å². The van der Waals surface area contributed by atoms with Crippen LogP contribution < -0.4 is 4.90 Å². The summed E-state index contributed by atoms with van der Waals surface area (Å²) in [4.78, 5) is 46.3. The fourth-order valence-electron chi connectivity index (χ4n) is 4.77. The van der Waals surface area contributed by atoms with Gasteiger partial charge in [-0.3, -0.25) is 9.59 Å². The van der Waals surface area contributed by atoms with E-state index < -0.39 is 23.4 Å². The fourth-order valence-corrected chi connectivity index (χ4v) is 5.28. The zero-order chi connectivity index (χ0) is 24.8. The van der Waals surface area contributed by atoms with Gasteiger partial charge in [-0.2, -0.15) is 5.26 Å². The Morgan fingerprint density at radius 2 is 1.76 bits per heavy atom. The molecule has 0 aliphatic carbocycles. The predicted molar refractivity (Wildman–Crippen MR) is 129 cm³/mol. The highest BCUT2D eigenvalue weighted by Gasteiger charge is 2.64. The number of nitriles is 1. The maximum absolute atomic E-state index is 14.0. The summed E-state index contributed by atoms with van der Waals surface area (Å²) in [5.41, 5.74) is 0.196. The molecule has 10 heteroatoms. The molecular weight excluding hydrogens is 477 g/mol. The van der Waals surface area contributed by atoms with Crippen molar-refractivity contribution in [2.45, 2.75) is 11.5 Å². The summed E-state index contributed by atoms with van der Waals surface area (Å²) in [5, 5.41) is 9.77. The van der Waals surface area contributed by atoms with Gasteiger partial charge >= 0.3 is 6.03 Å². The number of imide groups is 1. The molecule has 0 N–H and O–H groups in total. The van der Waals surface area contributed by atoms with Crippen LogP contribution in [0.2, 0.25) is 10.0 Å². The fraction of sp³-hybridized carbons (Fsp3) is 0.333. The summed E-state index contributed by atoms with van der Waals surface area (Å²) < 4.78 is 0. The van der Waals surface area contributed by atoms with Crippen molar-refractivity contribution in [3.63, 3.8) is 0 Å². The molecule has 34 heavy (non-hydrogen) atoms. The van der Waals surface area contributed by atoms with Crippen molar-refractivity contribution in [2.24, 2.45) is 0 Å². The van der Waals surface area contributed by atoms with E-state index in [2.05, 4.69) is 6.07 Å². The summed E-state index contributed by atoms with van der Waals surface area (Å²) in [7, 11) is 5.16. The van der Waals surface area contributed by atoms with Gasteiger partial charge in [0.05, 0.1) is 30.4 Å². The molecule has 0 aromatic heterocycles. The average molecular weight is 500 g/mol. The van der Waals surface area contributed by atoms with E-state index >= 15 is 0 Å². The van der Waals surface area contributed by atoms with Crippen LogP contribution in [0, 0.1) is 11.3 Å². The summed E-state index contributed by atoms with van der Waals surface area (Å²) in [5.74, 6) is -1.08. The molecule has 2 atom stereocenters. The van der Waals surface area contributed by atoms with E-state index in [1.165, 1.54) is 23.1 Å². The molecule has 176 valence electrons. The van der Waals surface area contributed by atoms with Crippen LogP contribution in [-0.2, 0) is 9.59 Å². The zero-order valence-electron chi connectivity index (χ0n) is 19.0. The number of hydrogen-bond donors (Lipinski definition) is 0. The summed E-state index contributed by atoms with van der Waals surface area (Å²) in [6.07, 6.45) is 0. The number of amides is 4. The molecule has 2 aromatic rings. The van der Waals surface area contributed by atoms with Gasteiger partial charge in [-0.25, -0.2) is 9.69 Å². The molecule has 2 saturated heterocycles. The lowest BCUT2D eigenvalue weighted by Gasteiger charge is -2.33. The number of urea groups is 1. The quantitative estimate of drug-likeness (QED) is 0.602. The van der Waals surface area contributed by atoms with Crippen molar-refractivity contribution < 1.29 is 14.4 Å². The van der Waals surface area contributed by atoms with Crippen LogP contribution >= 0.6 is 23.2 Å². The third-order valence-corrected chi connectivity index (χ3v) is 6.85. The largest absolute Gasteiger partial charge is 0.338 e. The average Bonchev–Trinajstić information content (AvgIpc) is 3.26. The molecule has 4 rings (SSSR count). The van der Waals surface area contributed by atoms with E-state index in [0.717, 1.165) is 10.5 Å². The van der Waals surface area contributed by atoms with E-state index in [4.69, 9.17) is 23.2 Å². The lowest BCUT2D eigenvalue weighted by molar-refractivity contribution is -0.131. The van der Waals surface area contributed by atoms with E-state index in [-0.39, 0.29) is 31.2 Å². The number of halogens is 2. The Labute approximate surface area is 207 Å². The summed E-state index contributed by atoms with van der Waals surface area (Å²) in [6.45, 7) is 0.484. The number of anilines is 1. The topological polar surface area (TPSA) is 88.0 Å². The number of carbonyl (C=O) groups excluding carboxylic acids is 3. The van der Waals surface area contributed by atoms with Crippen molar-refractivity contribution in [1.29, 1.82) is 5.26 Å². The number of likely N-dealkylation sites (N-methyl/N-ethyl adjacent to an activating group) is 2. The Kier molecular flexibility index (Phi) is 6.30. The number of benzene rings is 2. The van der Waals surface area contributed by atoms with Gasteiger partial charge in [-0.05, 0) is 50.0 Å². The zero-order valence-corrected chi connectivity index (χ0v) is 20.5. The van der Waals surface area contributed by atoms with E-state index in [9.17, 15) is 19.6 Å². The highest BCUT2D eigenvalue weighted by molar-refractivity contribution is 6.35. The highest BCUT2D eigenvalue weighted by Crippen LogP contribution is 2.46. The maximum atomic E-state index is 14.0. The standard InChI is InChI=1S/C24H23Cl2N5O3/c1-28(2)13-21(32)30-12-20(16-6-4-15(11-27)5-7-16)24(14-30)22(33)31(23(34)29(24)3)19-9-17(25)8-18(26)10-19/h4-10,20H,12-14H2,1-3H3/t20-,24+/m0/s1. The Morgan fingerprint density at radius 3 is 2.32 bits per heavy atom. The lowest BCUT2D eigenvalue weighted by Crippen LogP contribution is -2.54. The van der Waals surface area contributed by atoms with Crippen molar-refractivity contribution in [3.8, 4) is 6.07 Å². The Hall–Kier alpha value is -3.12. The molecule has 2 heterocycles. The molecule has 2 aliphatic rings. The van der Waals surface area contributed by atoms with E-state index in [1.807, 2.05) is 0 Å². The Bertz CT molecular complexity index is 1190. The third-order valence-electron chi connectivity index (χ3n) is 6.41. The van der Waals surface area contributed by atoms with E-state index in [1.54, 1.807) is 55.2 Å². The van der Waals surface area contributed by atoms with Crippen molar-refractivity contribution in [3.05, 3.63) is 63.6 Å². The van der Waals surface area contributed by atoms with Gasteiger partial charge in [0, 0.05) is 29.6 Å². The van der Waals surface area contributed by atoms with Gasteiger partial charge in [0.15, 0.2) is 0 Å². The Morgan fingerprint density at radius 1 is 1.15 bits per heavy atom. The van der Waals surface area contributed by atoms with E-state index in [0.29, 0.717) is 15.6 Å².